The molecule has 9 heteroatoms. The van der Waals surface area contributed by atoms with Crippen molar-refractivity contribution in [1.29, 1.82) is 0 Å². The first kappa shape index (κ1) is 16.9. The van der Waals surface area contributed by atoms with Crippen LogP contribution in [0.3, 0.4) is 0 Å². The summed E-state index contributed by atoms with van der Waals surface area (Å²) in [5, 5.41) is 12.0. The third-order valence-corrected chi connectivity index (χ3v) is 4.02. The van der Waals surface area contributed by atoms with Crippen LogP contribution in [-0.4, -0.2) is 55.5 Å². The molecule has 0 aliphatic carbocycles. The van der Waals surface area contributed by atoms with Crippen LogP contribution in [0, 0.1) is 5.92 Å². The monoisotopic (exact) mass is 336 g/mol. The molecule has 24 heavy (non-hydrogen) atoms. The molecule has 0 spiro atoms. The minimum atomic E-state index is -0.155. The van der Waals surface area contributed by atoms with E-state index in [2.05, 4.69) is 34.0 Å². The molecule has 2 N–H and O–H groups in total. The molecule has 0 aromatic carbocycles. The van der Waals surface area contributed by atoms with Crippen molar-refractivity contribution < 1.29 is 9.84 Å². The number of imidazole rings is 1. The summed E-state index contributed by atoms with van der Waals surface area (Å²) in [6.45, 7) is 6.87. The average Bonchev–Trinajstić information content (AvgIpc) is 2.97. The second-order valence-corrected chi connectivity index (χ2v) is 6.37. The first-order valence-corrected chi connectivity index (χ1v) is 8.20. The summed E-state index contributed by atoms with van der Waals surface area (Å²) in [4.78, 5) is 23.6. The van der Waals surface area contributed by atoms with Crippen LogP contribution in [0.15, 0.2) is 11.1 Å². The van der Waals surface area contributed by atoms with E-state index in [1.54, 1.807) is 15.5 Å². The Morgan fingerprint density at radius 1 is 1.46 bits per heavy atom. The van der Waals surface area contributed by atoms with Crippen LogP contribution in [0.25, 0.3) is 11.2 Å². The quantitative estimate of drug-likeness (QED) is 0.699. The summed E-state index contributed by atoms with van der Waals surface area (Å²) in [6.07, 6.45) is 2.62. The Bertz CT molecular complexity index is 753. The van der Waals surface area contributed by atoms with Gasteiger partial charge < -0.3 is 15.2 Å². The topological polar surface area (TPSA) is 97.4 Å². The van der Waals surface area contributed by atoms with Crippen molar-refractivity contribution in [2.24, 2.45) is 5.92 Å². The van der Waals surface area contributed by atoms with Gasteiger partial charge in [-0.25, -0.2) is 4.98 Å². The van der Waals surface area contributed by atoms with Crippen LogP contribution in [-0.2, 0) is 18.1 Å². The van der Waals surface area contributed by atoms with E-state index in [9.17, 15) is 4.79 Å². The molecule has 132 valence electrons. The van der Waals surface area contributed by atoms with E-state index in [4.69, 9.17) is 9.84 Å². The van der Waals surface area contributed by atoms with Gasteiger partial charge in [-0.1, -0.05) is 13.8 Å². The largest absolute Gasteiger partial charge is 0.394 e. The molecular weight excluding hydrogens is 312 g/mol. The minimum Gasteiger partial charge on any atom is -0.394 e. The lowest BCUT2D eigenvalue weighted by molar-refractivity contribution is 0.0499. The molecule has 0 saturated carbocycles. The SMILES string of the molecule is CC(C)CCN1CNc2nc3c(ncn3COCCO)c(=O)n2C1. The lowest BCUT2D eigenvalue weighted by Crippen LogP contribution is -2.43. The number of nitrogens with one attached hydrogen (secondary N) is 1. The first-order valence-electron chi connectivity index (χ1n) is 8.20. The van der Waals surface area contributed by atoms with Crippen LogP contribution in [0.1, 0.15) is 20.3 Å². The van der Waals surface area contributed by atoms with E-state index in [0.29, 0.717) is 36.4 Å². The van der Waals surface area contributed by atoms with Crippen molar-refractivity contribution in [2.45, 2.75) is 33.7 Å². The molecule has 0 amide bonds. The molecule has 0 fully saturated rings. The number of anilines is 1. The fourth-order valence-electron chi connectivity index (χ4n) is 2.64. The first-order chi connectivity index (χ1) is 11.6. The van der Waals surface area contributed by atoms with Gasteiger partial charge in [0.2, 0.25) is 5.95 Å². The fraction of sp³-hybridized carbons (Fsp3) is 0.667. The Morgan fingerprint density at radius 2 is 2.29 bits per heavy atom. The molecular formula is C15H24N6O3. The summed E-state index contributed by atoms with van der Waals surface area (Å²) in [6, 6.07) is 0. The van der Waals surface area contributed by atoms with Crippen LogP contribution in [0.4, 0.5) is 5.95 Å². The predicted octanol–water partition coefficient (Wildman–Crippen LogP) is 0.248. The summed E-state index contributed by atoms with van der Waals surface area (Å²) in [5.74, 6) is 1.18. The zero-order valence-corrected chi connectivity index (χ0v) is 14.1. The molecule has 0 radical (unpaired) electrons. The lowest BCUT2D eigenvalue weighted by atomic mass is 10.1. The Balaban J connectivity index is 1.84. The molecule has 2 aromatic heterocycles. The number of fused-ring (bicyclic) bond motifs is 2. The van der Waals surface area contributed by atoms with Crippen molar-refractivity contribution in [3.05, 3.63) is 16.7 Å². The van der Waals surface area contributed by atoms with E-state index in [-0.39, 0.29) is 25.5 Å². The number of nitrogens with zero attached hydrogens (tertiary/aromatic N) is 5. The second-order valence-electron chi connectivity index (χ2n) is 6.37. The van der Waals surface area contributed by atoms with E-state index in [1.807, 2.05) is 0 Å². The van der Waals surface area contributed by atoms with Crippen LogP contribution in [0.5, 0.6) is 0 Å². The maximum absolute atomic E-state index is 12.7. The van der Waals surface area contributed by atoms with Crippen molar-refractivity contribution in [3.63, 3.8) is 0 Å². The highest BCUT2D eigenvalue weighted by atomic mass is 16.5. The number of aromatic nitrogens is 4. The number of ether oxygens (including phenoxy) is 1. The second kappa shape index (κ2) is 7.29. The Hall–Kier alpha value is -1.97. The third-order valence-electron chi connectivity index (χ3n) is 4.02. The zero-order chi connectivity index (χ0) is 17.1. The van der Waals surface area contributed by atoms with Crippen molar-refractivity contribution >= 4 is 17.1 Å². The number of aliphatic hydroxyl groups excluding tert-OH is 1. The summed E-state index contributed by atoms with van der Waals surface area (Å²) < 4.78 is 8.58. The predicted molar refractivity (Wildman–Crippen MR) is 89.5 cm³/mol. The molecule has 1 aliphatic rings. The fourth-order valence-corrected chi connectivity index (χ4v) is 2.64. The molecule has 3 heterocycles. The van der Waals surface area contributed by atoms with Gasteiger partial charge in [-0.15, -0.1) is 0 Å². The van der Waals surface area contributed by atoms with Gasteiger partial charge in [0.15, 0.2) is 11.2 Å². The van der Waals surface area contributed by atoms with E-state index in [1.165, 1.54) is 0 Å². The molecule has 9 nitrogen and oxygen atoms in total. The third kappa shape index (κ3) is 3.42. The van der Waals surface area contributed by atoms with Gasteiger partial charge in [0.1, 0.15) is 6.73 Å². The molecule has 1 aliphatic heterocycles. The number of aliphatic hydroxyl groups is 1. The van der Waals surface area contributed by atoms with Gasteiger partial charge in [-0.2, -0.15) is 4.98 Å². The van der Waals surface area contributed by atoms with E-state index < -0.39 is 0 Å². The summed E-state index contributed by atoms with van der Waals surface area (Å²) >= 11 is 0. The molecule has 0 saturated heterocycles. The molecule has 3 rings (SSSR count). The van der Waals surface area contributed by atoms with Gasteiger partial charge in [-0.3, -0.25) is 18.8 Å². The standard InChI is InChI=1S/C15H24N6O3/c1-11(2)3-4-19-7-17-15-18-13-12(14(23)21(15)9-19)16-8-20(13)10-24-6-5-22/h8,11,22H,3-7,9-10H2,1-2H3,(H,17,18). The molecule has 0 atom stereocenters. The number of hydrogen-bond acceptors (Lipinski definition) is 7. The van der Waals surface area contributed by atoms with Crippen molar-refractivity contribution in [2.75, 3.05) is 31.7 Å². The number of hydrogen-bond donors (Lipinski definition) is 2. The lowest BCUT2D eigenvalue weighted by Gasteiger charge is -2.30. The van der Waals surface area contributed by atoms with Crippen LogP contribution >= 0.6 is 0 Å². The van der Waals surface area contributed by atoms with Gasteiger partial charge in [-0.05, 0) is 12.3 Å². The normalized spacial score (nSPS) is 15.0. The zero-order valence-electron chi connectivity index (χ0n) is 14.1. The van der Waals surface area contributed by atoms with Crippen LogP contribution in [0.2, 0.25) is 0 Å². The molecule has 2 aromatic rings. The van der Waals surface area contributed by atoms with E-state index >= 15 is 0 Å². The van der Waals surface area contributed by atoms with Gasteiger partial charge in [0, 0.05) is 6.54 Å². The van der Waals surface area contributed by atoms with Gasteiger partial charge >= 0.3 is 0 Å². The maximum atomic E-state index is 12.7. The molecule has 0 unspecified atom stereocenters. The Labute approximate surface area is 139 Å². The smallest absolute Gasteiger partial charge is 0.284 e. The Kier molecular flexibility index (Phi) is 5.12. The summed E-state index contributed by atoms with van der Waals surface area (Å²) in [5.41, 5.74) is 0.670. The highest BCUT2D eigenvalue weighted by Gasteiger charge is 2.21. The maximum Gasteiger partial charge on any atom is 0.284 e. The van der Waals surface area contributed by atoms with E-state index in [0.717, 1.165) is 13.0 Å². The van der Waals surface area contributed by atoms with Crippen LogP contribution < -0.4 is 10.9 Å². The highest BCUT2D eigenvalue weighted by molar-refractivity contribution is 5.71. The number of rotatable bonds is 7. The van der Waals surface area contributed by atoms with Gasteiger partial charge in [0.25, 0.3) is 5.56 Å². The van der Waals surface area contributed by atoms with Gasteiger partial charge in [0.05, 0.1) is 32.9 Å². The van der Waals surface area contributed by atoms with Crippen molar-refractivity contribution in [3.8, 4) is 0 Å². The van der Waals surface area contributed by atoms with Crippen molar-refractivity contribution in [1.82, 2.24) is 24.0 Å². The molecule has 0 bridgehead atoms. The minimum absolute atomic E-state index is 0.0497. The Morgan fingerprint density at radius 3 is 3.04 bits per heavy atom. The average molecular weight is 336 g/mol. The summed E-state index contributed by atoms with van der Waals surface area (Å²) in [7, 11) is 0. The highest BCUT2D eigenvalue weighted by Crippen LogP contribution is 2.15.